The summed E-state index contributed by atoms with van der Waals surface area (Å²) < 4.78 is 1.74. The van der Waals surface area contributed by atoms with Gasteiger partial charge in [-0.15, -0.1) is 17.4 Å². The average Bonchev–Trinajstić information content (AvgIpc) is 3.33. The normalized spacial score (nSPS) is 14.1. The Morgan fingerprint density at radius 3 is 2.76 bits per heavy atom. The molecule has 8 heteroatoms. The molecule has 3 heterocycles. The minimum atomic E-state index is -0.447. The maximum atomic E-state index is 12.2. The molecule has 0 saturated carbocycles. The van der Waals surface area contributed by atoms with E-state index in [9.17, 15) is 4.79 Å². The topological polar surface area (TPSA) is 97.4 Å². The van der Waals surface area contributed by atoms with Gasteiger partial charge in [0.15, 0.2) is 11.5 Å². The number of nitrogens with zero attached hydrogens (tertiary/aromatic N) is 6. The Morgan fingerprint density at radius 2 is 2.08 bits per heavy atom. The number of carbonyl (C=O) groups excluding carboxylic acids is 1. The Kier molecular flexibility index (Phi) is 4.84. The van der Waals surface area contributed by atoms with Crippen molar-refractivity contribution in [2.45, 2.75) is 44.8 Å². The van der Waals surface area contributed by atoms with Crippen LogP contribution in [0.3, 0.4) is 0 Å². The molecule has 0 unspecified atom stereocenters. The van der Waals surface area contributed by atoms with Crippen LogP contribution in [0.15, 0.2) is 34.8 Å². The highest BCUT2D eigenvalue weighted by molar-refractivity contribution is 5.90. The molecule has 25 heavy (non-hydrogen) atoms. The van der Waals surface area contributed by atoms with E-state index >= 15 is 0 Å². The van der Waals surface area contributed by atoms with Gasteiger partial charge in [-0.05, 0) is 24.6 Å². The molecular weight excluding hydrogens is 318 g/mol. The van der Waals surface area contributed by atoms with E-state index in [4.69, 9.17) is 6.42 Å². The monoisotopic (exact) mass is 337 g/mol. The lowest BCUT2D eigenvalue weighted by atomic mass is 10.0. The van der Waals surface area contributed by atoms with E-state index in [0.717, 1.165) is 11.3 Å². The van der Waals surface area contributed by atoms with Gasteiger partial charge in [-0.1, -0.05) is 5.21 Å². The van der Waals surface area contributed by atoms with Crippen LogP contribution in [0.5, 0.6) is 0 Å². The maximum absolute atomic E-state index is 12.2. The number of nitrogens with one attached hydrogen (secondary N) is 1. The van der Waals surface area contributed by atoms with Crippen LogP contribution in [0.25, 0.3) is 0 Å². The van der Waals surface area contributed by atoms with Crippen LogP contribution < -0.4 is 5.32 Å². The van der Waals surface area contributed by atoms with Crippen molar-refractivity contribution in [3.8, 4) is 12.3 Å². The third kappa shape index (κ3) is 4.26. The molecule has 0 saturated heterocycles. The predicted molar refractivity (Wildman–Crippen MR) is 91.6 cm³/mol. The molecule has 3 rings (SSSR count). The van der Waals surface area contributed by atoms with E-state index < -0.39 is 5.66 Å². The van der Waals surface area contributed by atoms with Crippen LogP contribution in [0.2, 0.25) is 0 Å². The molecule has 8 nitrogen and oxygen atoms in total. The Balaban J connectivity index is 1.53. The summed E-state index contributed by atoms with van der Waals surface area (Å²) >= 11 is 0. The van der Waals surface area contributed by atoms with Gasteiger partial charge in [0.25, 0.3) is 0 Å². The standard InChI is InChI=1S/C17H19N7O/c1-3-4-8-17(21-22-17)9-5-15(25)19-16-13(2)24(23-20-16)12-14-6-10-18-11-7-14/h1,6-7,10-11H,4-5,8-9,12H2,2H3,(H,19,25). The number of terminal acetylenes is 1. The lowest BCUT2D eigenvalue weighted by Gasteiger charge is -2.08. The zero-order valence-electron chi connectivity index (χ0n) is 14.0. The highest BCUT2D eigenvalue weighted by Crippen LogP contribution is 2.37. The molecule has 0 spiro atoms. The maximum Gasteiger partial charge on any atom is 0.225 e. The molecular formula is C17H19N7O. The molecule has 1 N–H and O–H groups in total. The highest BCUT2D eigenvalue weighted by Gasteiger charge is 2.39. The van der Waals surface area contributed by atoms with Crippen LogP contribution in [0.4, 0.5) is 5.82 Å². The highest BCUT2D eigenvalue weighted by atomic mass is 16.1. The van der Waals surface area contributed by atoms with Gasteiger partial charge in [-0.25, -0.2) is 4.68 Å². The molecule has 0 aliphatic carbocycles. The molecule has 0 radical (unpaired) electrons. The van der Waals surface area contributed by atoms with Crippen LogP contribution >= 0.6 is 0 Å². The molecule has 2 aromatic heterocycles. The van der Waals surface area contributed by atoms with Gasteiger partial charge in [0.1, 0.15) is 0 Å². The van der Waals surface area contributed by atoms with E-state index in [1.54, 1.807) is 17.1 Å². The lowest BCUT2D eigenvalue weighted by molar-refractivity contribution is -0.116. The van der Waals surface area contributed by atoms with Gasteiger partial charge in [0.05, 0.1) is 12.2 Å². The Morgan fingerprint density at radius 1 is 1.32 bits per heavy atom. The fraction of sp³-hybridized carbons (Fsp3) is 0.412. The fourth-order valence-corrected chi connectivity index (χ4v) is 2.46. The quantitative estimate of drug-likeness (QED) is 0.747. The Hall–Kier alpha value is -3.08. The van der Waals surface area contributed by atoms with Gasteiger partial charge < -0.3 is 5.32 Å². The summed E-state index contributed by atoms with van der Waals surface area (Å²) in [5, 5.41) is 19.0. The molecule has 2 aromatic rings. The molecule has 1 aliphatic rings. The number of anilines is 1. The summed E-state index contributed by atoms with van der Waals surface area (Å²) in [6.07, 6.45) is 10.9. The second-order valence-electron chi connectivity index (χ2n) is 5.97. The number of aromatic nitrogens is 4. The molecule has 128 valence electrons. The summed E-state index contributed by atoms with van der Waals surface area (Å²) in [5.41, 5.74) is 1.42. The molecule has 0 atom stereocenters. The minimum Gasteiger partial charge on any atom is -0.308 e. The first-order valence-corrected chi connectivity index (χ1v) is 8.08. The van der Waals surface area contributed by atoms with E-state index in [1.165, 1.54) is 0 Å². The summed E-state index contributed by atoms with van der Waals surface area (Å²) in [7, 11) is 0. The van der Waals surface area contributed by atoms with E-state index in [2.05, 4.69) is 36.8 Å². The number of amides is 1. The predicted octanol–water partition coefficient (Wildman–Crippen LogP) is 2.32. The molecule has 0 aromatic carbocycles. The molecule has 0 fully saturated rings. The average molecular weight is 337 g/mol. The SMILES string of the molecule is C#CCCC1(CCC(=O)Nc2nnn(Cc3ccncc3)c2C)N=N1. The third-order valence-corrected chi connectivity index (χ3v) is 4.13. The number of hydrogen-bond acceptors (Lipinski definition) is 6. The van der Waals surface area contributed by atoms with Crippen LogP contribution in [0, 0.1) is 19.3 Å². The van der Waals surface area contributed by atoms with Crippen LogP contribution in [-0.4, -0.2) is 31.5 Å². The fourth-order valence-electron chi connectivity index (χ4n) is 2.46. The van der Waals surface area contributed by atoms with Gasteiger partial charge >= 0.3 is 0 Å². The van der Waals surface area contributed by atoms with Crippen molar-refractivity contribution in [2.24, 2.45) is 10.2 Å². The Bertz CT molecular complexity index is 813. The van der Waals surface area contributed by atoms with Crippen molar-refractivity contribution < 1.29 is 4.79 Å². The second-order valence-corrected chi connectivity index (χ2v) is 5.97. The summed E-state index contributed by atoms with van der Waals surface area (Å²) in [6.45, 7) is 2.45. The lowest BCUT2D eigenvalue weighted by Crippen LogP contribution is -2.18. The number of hydrogen-bond donors (Lipinski definition) is 1. The number of pyridine rings is 1. The third-order valence-electron chi connectivity index (χ3n) is 4.13. The number of rotatable bonds is 8. The molecule has 1 aliphatic heterocycles. The van der Waals surface area contributed by atoms with E-state index in [1.807, 2.05) is 19.1 Å². The summed E-state index contributed by atoms with van der Waals surface area (Å²) in [4.78, 5) is 16.1. The Labute approximate surface area is 145 Å². The van der Waals surface area contributed by atoms with Gasteiger partial charge in [-0.3, -0.25) is 9.78 Å². The van der Waals surface area contributed by atoms with Crippen molar-refractivity contribution in [1.29, 1.82) is 0 Å². The second kappa shape index (κ2) is 7.21. The van der Waals surface area contributed by atoms with Crippen molar-refractivity contribution >= 4 is 11.7 Å². The van der Waals surface area contributed by atoms with Gasteiger partial charge in [0.2, 0.25) is 5.91 Å². The first-order chi connectivity index (χ1) is 12.1. The van der Waals surface area contributed by atoms with Crippen molar-refractivity contribution in [2.75, 3.05) is 5.32 Å². The van der Waals surface area contributed by atoms with E-state index in [-0.39, 0.29) is 5.91 Å². The zero-order chi connectivity index (χ0) is 17.7. The first-order valence-electron chi connectivity index (χ1n) is 8.08. The molecule has 1 amide bonds. The van der Waals surface area contributed by atoms with Crippen LogP contribution in [0.1, 0.15) is 36.9 Å². The van der Waals surface area contributed by atoms with Crippen molar-refractivity contribution in [1.82, 2.24) is 20.0 Å². The zero-order valence-corrected chi connectivity index (χ0v) is 14.0. The van der Waals surface area contributed by atoms with E-state index in [0.29, 0.717) is 38.0 Å². The smallest absolute Gasteiger partial charge is 0.225 e. The van der Waals surface area contributed by atoms with Crippen LogP contribution in [-0.2, 0) is 11.3 Å². The summed E-state index contributed by atoms with van der Waals surface area (Å²) in [5.74, 6) is 2.92. The van der Waals surface area contributed by atoms with Gasteiger partial charge in [-0.2, -0.15) is 10.2 Å². The van der Waals surface area contributed by atoms with Crippen molar-refractivity contribution in [3.63, 3.8) is 0 Å². The first kappa shape index (κ1) is 16.8. The summed E-state index contributed by atoms with van der Waals surface area (Å²) in [6, 6.07) is 3.83. The van der Waals surface area contributed by atoms with Gasteiger partial charge in [0, 0.05) is 38.1 Å². The van der Waals surface area contributed by atoms with Crippen molar-refractivity contribution in [3.05, 3.63) is 35.8 Å². The molecule has 0 bridgehead atoms. The minimum absolute atomic E-state index is 0.128. The largest absolute Gasteiger partial charge is 0.308 e. The number of carbonyl (C=O) groups is 1.